The molecular formula is C67H133N11O14S2. The molecule has 5 N–H and O–H groups in total. The van der Waals surface area contributed by atoms with Crippen molar-refractivity contribution in [3.05, 3.63) is 0 Å². The van der Waals surface area contributed by atoms with Gasteiger partial charge in [0.25, 0.3) is 0 Å². The van der Waals surface area contributed by atoms with Crippen molar-refractivity contribution in [2.24, 2.45) is 44.4 Å². The summed E-state index contributed by atoms with van der Waals surface area (Å²) in [5, 5.41) is 16.9. The van der Waals surface area contributed by atoms with Gasteiger partial charge < -0.3 is 30.5 Å². The highest BCUT2D eigenvalue weighted by Gasteiger charge is 2.33. The number of carbonyl (C=O) groups excluding carboxylic acids is 8. The molecule has 4 fully saturated rings. The fourth-order valence-corrected chi connectivity index (χ4v) is 10.0. The molecule has 4 aliphatic heterocycles. The highest BCUT2D eigenvalue weighted by molar-refractivity contribution is 7.89. The number of guanidine groups is 1. The molecule has 0 bridgehead atoms. The van der Waals surface area contributed by atoms with Gasteiger partial charge in [-0.2, -0.15) is 0 Å². The summed E-state index contributed by atoms with van der Waals surface area (Å²) in [4.78, 5) is 101. The first-order valence-corrected chi connectivity index (χ1v) is 37.6. The van der Waals surface area contributed by atoms with Gasteiger partial charge in [0.2, 0.25) is 55.5 Å². The van der Waals surface area contributed by atoms with Crippen molar-refractivity contribution in [3.8, 4) is 0 Å². The van der Waals surface area contributed by atoms with Crippen LogP contribution in [0.3, 0.4) is 0 Å². The number of hydroxylamine groups is 1. The van der Waals surface area contributed by atoms with Crippen molar-refractivity contribution in [2.75, 3.05) is 99.2 Å². The Kier molecular flexibility index (Phi) is 46.4. The lowest BCUT2D eigenvalue weighted by Gasteiger charge is -2.21. The fourth-order valence-electron chi connectivity index (χ4n) is 9.07. The maximum Gasteiger partial charge on any atom is 0.406 e. The predicted molar refractivity (Wildman–Crippen MR) is 377 cm³/mol. The average Bonchev–Trinajstić information content (AvgIpc) is 1.72. The van der Waals surface area contributed by atoms with Crippen molar-refractivity contribution in [3.63, 3.8) is 0 Å². The van der Waals surface area contributed by atoms with E-state index in [4.69, 9.17) is 9.94 Å². The molecule has 0 saturated carbocycles. The van der Waals surface area contributed by atoms with Gasteiger partial charge in [-0.15, -0.1) is 0 Å². The monoisotopic (exact) mass is 1380 g/mol. The van der Waals surface area contributed by atoms with Crippen LogP contribution in [-0.4, -0.2) is 204 Å². The smallest absolute Gasteiger partial charge is 0.406 e. The van der Waals surface area contributed by atoms with Crippen LogP contribution in [-0.2, 0) is 48.8 Å². The van der Waals surface area contributed by atoms with Gasteiger partial charge >= 0.3 is 18.2 Å². The number of sulfonamides is 2. The fraction of sp³-hybridized carbons (Fsp3) is 0.866. The van der Waals surface area contributed by atoms with Crippen LogP contribution in [0.1, 0.15) is 240 Å². The Morgan fingerprint density at radius 2 is 1.05 bits per heavy atom. The van der Waals surface area contributed by atoms with Crippen molar-refractivity contribution in [1.29, 1.82) is 0 Å². The highest BCUT2D eigenvalue weighted by Crippen LogP contribution is 2.24. The highest BCUT2D eigenvalue weighted by atomic mass is 32.2. The van der Waals surface area contributed by atoms with Crippen LogP contribution in [0.5, 0.6) is 0 Å². The minimum Gasteiger partial charge on any atom is -0.450 e. The molecule has 0 aromatic rings. The van der Waals surface area contributed by atoms with Crippen LogP contribution in [0.2, 0.25) is 0 Å². The molecule has 4 aliphatic rings. The summed E-state index contributed by atoms with van der Waals surface area (Å²) >= 11 is 0. The van der Waals surface area contributed by atoms with E-state index in [1.54, 1.807) is 21.1 Å². The minimum absolute atomic E-state index is 0.00811. The molecule has 4 heterocycles. The number of nitrogens with one attached hydrogen (secondary N) is 4. The number of imide groups is 3. The molecule has 25 nitrogen and oxygen atoms in total. The lowest BCUT2D eigenvalue weighted by Crippen LogP contribution is -2.40. The molecule has 94 heavy (non-hydrogen) atoms. The van der Waals surface area contributed by atoms with E-state index in [0.717, 1.165) is 122 Å². The van der Waals surface area contributed by atoms with Crippen molar-refractivity contribution < 1.29 is 65.1 Å². The molecule has 10 amide bonds. The Bertz CT molecular complexity index is 2470. The third-order valence-corrected chi connectivity index (χ3v) is 15.9. The second kappa shape index (κ2) is 46.9. The third-order valence-electron chi connectivity index (χ3n) is 14.4. The summed E-state index contributed by atoms with van der Waals surface area (Å²) in [6.45, 7) is 44.3. The molecule has 0 unspecified atom stereocenters. The number of ether oxygens (including phenoxy) is 1. The second-order valence-corrected chi connectivity index (χ2v) is 34.3. The average molecular weight is 1380 g/mol. The Morgan fingerprint density at radius 3 is 1.44 bits per heavy atom. The largest absolute Gasteiger partial charge is 0.450 e. The zero-order valence-electron chi connectivity index (χ0n) is 62.7. The van der Waals surface area contributed by atoms with E-state index in [2.05, 4.69) is 150 Å². The van der Waals surface area contributed by atoms with Crippen LogP contribution in [0.25, 0.3) is 0 Å². The number of aliphatic imine (C=N–C) groups is 1. The number of likely N-dealkylation sites (tertiary alicyclic amines) is 2. The van der Waals surface area contributed by atoms with Crippen LogP contribution in [0.4, 0.5) is 14.4 Å². The Morgan fingerprint density at radius 1 is 0.606 bits per heavy atom. The molecule has 4 saturated heterocycles. The normalized spacial score (nSPS) is 15.6. The van der Waals surface area contributed by atoms with Crippen LogP contribution in [0, 0.1) is 39.4 Å². The summed E-state index contributed by atoms with van der Waals surface area (Å²) in [7, 11) is -1.90. The van der Waals surface area contributed by atoms with Gasteiger partial charge in [-0.1, -0.05) is 129 Å². The Hall–Kier alpha value is -5.15. The topological polar surface area (TPSA) is 314 Å². The van der Waals surface area contributed by atoms with E-state index in [-0.39, 0.29) is 72.2 Å². The summed E-state index contributed by atoms with van der Waals surface area (Å²) in [6.07, 6.45) is 18.3. The van der Waals surface area contributed by atoms with E-state index in [9.17, 15) is 55.2 Å². The van der Waals surface area contributed by atoms with Gasteiger partial charge in [-0.05, 0) is 136 Å². The number of hydrogen-bond donors (Lipinski definition) is 5. The van der Waals surface area contributed by atoms with E-state index in [0.29, 0.717) is 90.4 Å². The van der Waals surface area contributed by atoms with E-state index >= 15 is 0 Å². The molecule has 0 atom stereocenters. The van der Waals surface area contributed by atoms with Gasteiger partial charge in [0.05, 0.1) is 25.7 Å². The van der Waals surface area contributed by atoms with Crippen LogP contribution >= 0.6 is 0 Å². The van der Waals surface area contributed by atoms with Crippen LogP contribution in [0.15, 0.2) is 4.99 Å². The number of carbonyl (C=O) groups is 8. The zero-order chi connectivity index (χ0) is 73.4. The number of alkyl carbamates (subject to hydrolysis) is 1. The molecule has 4 rings (SSSR count). The van der Waals surface area contributed by atoms with E-state index in [1.807, 2.05) is 4.90 Å². The SMILES string of the molecule is CC(C)(C)CCCN(O)S(C)(=O)=O.CC(C)(C)CCCN1C(=O)CNC1=O.CC(C)(C)CCCN1CCCC1=O.CC(C)CCCN1C(=O)CCC1=O.CC(C)CCCN1C(=O)CN(C)C1=O.CN=C(NCCCC(C)C)NS(C)(=O)=O.CNC(=O)OCCCC(C)(C)C. The number of nitrogens with zero attached hydrogens (tertiary/aromatic N) is 7. The Balaban J connectivity index is -0.00000103. The van der Waals surface area contributed by atoms with Gasteiger partial charge in [0.1, 0.15) is 6.54 Å². The third kappa shape index (κ3) is 53.0. The molecular weight excluding hydrogens is 1250 g/mol. The number of likely N-dealkylation sites (N-methyl/N-ethyl adjacent to an activating group) is 1. The quantitative estimate of drug-likeness (QED) is 0.0134. The Labute approximate surface area is 569 Å². The standard InChI is InChI=1S/C11H21NO.2C10H18N2O2.C10H17NO2.C9H21N3O2S.C9H19NO2.C8H19NO3S/c1-11(2,3)7-5-9-12-8-4-6-10(12)13;1-10(2,3)5-4-6-12-8(13)7-11-9(12)14;1-8(2)5-4-6-12-9(13)7-11(3)10(12)14;1-8(2)4-3-7-11-9(12)5-6-10(11)13;1-8(2)6-5-7-11-9(10-3)12-15(4,13)14;1-9(2,3)6-5-7-12-8(11)10-4;1-8(2,3)6-5-7-9(10)13(4,11)12/h4-9H2,1-3H3;4-7H2,1-3H3,(H,11,14);8H,4-7H2,1-3H3;8H,3-7H2,1-2H3;8H,5-7H2,1-4H3,(H2,10,11,12);5-7H2,1-4H3,(H,10,11);10H,5-7H2,1-4H3. The summed E-state index contributed by atoms with van der Waals surface area (Å²) in [6, 6.07) is -0.400. The number of hydrogen-bond acceptors (Lipinski definition) is 15. The number of rotatable bonds is 26. The second-order valence-electron chi connectivity index (χ2n) is 30.6. The summed E-state index contributed by atoms with van der Waals surface area (Å²) < 4.78 is 50.9. The number of urea groups is 2. The first kappa shape index (κ1) is 93.0. The molecule has 0 spiro atoms. The van der Waals surface area contributed by atoms with E-state index in [1.165, 1.54) is 26.0 Å². The first-order chi connectivity index (χ1) is 42.9. The number of amides is 10. The maximum absolute atomic E-state index is 11.4. The van der Waals surface area contributed by atoms with Crippen molar-refractivity contribution >= 4 is 73.7 Å². The molecule has 0 radical (unpaired) electrons. The molecule has 0 aliphatic carbocycles. The molecule has 27 heteroatoms. The summed E-state index contributed by atoms with van der Waals surface area (Å²) in [5.41, 5.74) is 1.17. The lowest BCUT2D eigenvalue weighted by molar-refractivity contribution is -0.138. The lowest BCUT2D eigenvalue weighted by atomic mass is 9.90. The minimum atomic E-state index is -3.43. The van der Waals surface area contributed by atoms with Crippen molar-refractivity contribution in [1.82, 2.24) is 49.6 Å². The summed E-state index contributed by atoms with van der Waals surface area (Å²) in [5.74, 6) is 2.44. The molecule has 0 aromatic heterocycles. The van der Waals surface area contributed by atoms with Gasteiger partial charge in [-0.25, -0.2) is 31.2 Å². The molecule has 552 valence electrons. The zero-order valence-corrected chi connectivity index (χ0v) is 64.4. The first-order valence-electron chi connectivity index (χ1n) is 33.9. The van der Waals surface area contributed by atoms with Gasteiger partial charge in [0, 0.05) is 86.2 Å². The van der Waals surface area contributed by atoms with Crippen LogP contribution < -0.4 is 20.7 Å². The van der Waals surface area contributed by atoms with Gasteiger partial charge in [-0.3, -0.25) is 53.6 Å². The van der Waals surface area contributed by atoms with E-state index < -0.39 is 20.0 Å². The predicted octanol–water partition coefficient (Wildman–Crippen LogP) is 10.9. The van der Waals surface area contributed by atoms with Crippen molar-refractivity contribution in [2.45, 2.75) is 240 Å². The van der Waals surface area contributed by atoms with Gasteiger partial charge in [0.15, 0.2) is 0 Å². The molecule has 0 aromatic carbocycles. The maximum atomic E-state index is 11.4.